The number of thiazole rings is 1. The molecule has 0 amide bonds. The van der Waals surface area contributed by atoms with Gasteiger partial charge in [0.2, 0.25) is 5.89 Å². The van der Waals surface area contributed by atoms with Gasteiger partial charge in [-0.1, -0.05) is 11.8 Å². The van der Waals surface area contributed by atoms with E-state index in [2.05, 4.69) is 10.2 Å². The Hall–Kier alpha value is -2.85. The number of benzene rings is 1. The number of aromatic nitrogens is 4. The maximum Gasteiger partial charge on any atom is 0.277 e. The third kappa shape index (κ3) is 3.81. The Morgan fingerprint density at radius 1 is 1.13 bits per heavy atom. The Morgan fingerprint density at radius 2 is 1.97 bits per heavy atom. The zero-order chi connectivity index (χ0) is 21.4. The largest absolute Gasteiger partial charge is 0.493 e. The topological polar surface area (TPSA) is 91.8 Å². The molecule has 0 unspecified atom stereocenters. The third-order valence-corrected chi connectivity index (χ3v) is 7.19. The van der Waals surface area contributed by atoms with Gasteiger partial charge in [0.25, 0.3) is 10.8 Å². The Bertz CT molecular complexity index is 1310. The lowest BCUT2D eigenvalue weighted by Gasteiger charge is -2.09. The molecule has 8 nitrogen and oxygen atoms in total. The van der Waals surface area contributed by atoms with E-state index in [0.717, 1.165) is 35.5 Å². The maximum absolute atomic E-state index is 12.7. The van der Waals surface area contributed by atoms with E-state index >= 15 is 0 Å². The smallest absolute Gasteiger partial charge is 0.277 e. The van der Waals surface area contributed by atoms with Crippen LogP contribution in [0.1, 0.15) is 29.1 Å². The molecule has 0 spiro atoms. The SMILES string of the molecule is COc1ccc(-c2nnc(SCc3cc(=O)n4c5c(sc4n3)CCCC5)o2)cc1OC. The first-order chi connectivity index (χ1) is 15.2. The highest BCUT2D eigenvalue weighted by Crippen LogP contribution is 2.33. The second kappa shape index (κ2) is 8.35. The van der Waals surface area contributed by atoms with Crippen LogP contribution in [0.3, 0.4) is 0 Å². The first-order valence-electron chi connectivity index (χ1n) is 9.88. The highest BCUT2D eigenvalue weighted by atomic mass is 32.2. The van der Waals surface area contributed by atoms with E-state index < -0.39 is 0 Å². The van der Waals surface area contributed by atoms with Crippen LogP contribution in [0.5, 0.6) is 11.5 Å². The highest BCUT2D eigenvalue weighted by molar-refractivity contribution is 7.98. The van der Waals surface area contributed by atoms with Crippen molar-refractivity contribution in [3.05, 3.63) is 50.9 Å². The second-order valence-electron chi connectivity index (χ2n) is 7.11. The fraction of sp³-hybridized carbons (Fsp3) is 0.333. The van der Waals surface area contributed by atoms with Gasteiger partial charge >= 0.3 is 0 Å². The summed E-state index contributed by atoms with van der Waals surface area (Å²) in [6.07, 6.45) is 4.29. The molecule has 0 radical (unpaired) electrons. The molecule has 0 atom stereocenters. The van der Waals surface area contributed by atoms with Crippen molar-refractivity contribution >= 4 is 28.1 Å². The van der Waals surface area contributed by atoms with Crippen LogP contribution in [0.4, 0.5) is 0 Å². The molecule has 0 N–H and O–H groups in total. The number of methoxy groups -OCH3 is 2. The standard InChI is InChI=1S/C21H20N4O4S2/c1-27-15-8-7-12(9-16(15)28-2)19-23-24-21(29-19)30-11-13-10-18(26)25-14-5-3-4-6-17(14)31-20(25)22-13/h7-10H,3-6,11H2,1-2H3. The van der Waals surface area contributed by atoms with Crippen molar-refractivity contribution in [2.24, 2.45) is 0 Å². The van der Waals surface area contributed by atoms with Gasteiger partial charge in [-0.05, 0) is 43.9 Å². The van der Waals surface area contributed by atoms with E-state index in [1.165, 1.54) is 23.1 Å². The van der Waals surface area contributed by atoms with Crippen LogP contribution in [-0.4, -0.2) is 33.8 Å². The Morgan fingerprint density at radius 3 is 2.81 bits per heavy atom. The summed E-state index contributed by atoms with van der Waals surface area (Å²) < 4.78 is 18.1. The normalized spacial score (nSPS) is 13.4. The number of aryl methyl sites for hydroxylation is 2. The van der Waals surface area contributed by atoms with Crippen molar-refractivity contribution in [2.75, 3.05) is 14.2 Å². The molecule has 0 aliphatic heterocycles. The van der Waals surface area contributed by atoms with Gasteiger partial charge in [0.1, 0.15) is 0 Å². The van der Waals surface area contributed by atoms with Crippen LogP contribution in [0.15, 0.2) is 38.7 Å². The van der Waals surface area contributed by atoms with E-state index in [4.69, 9.17) is 18.9 Å². The van der Waals surface area contributed by atoms with E-state index in [9.17, 15) is 4.79 Å². The number of ether oxygens (including phenoxy) is 2. The predicted molar refractivity (Wildman–Crippen MR) is 118 cm³/mol. The average molecular weight is 457 g/mol. The molecule has 3 aromatic heterocycles. The van der Waals surface area contributed by atoms with E-state index in [1.807, 2.05) is 6.07 Å². The molecule has 0 saturated carbocycles. The molecule has 0 bridgehead atoms. The molecule has 160 valence electrons. The molecule has 3 heterocycles. The maximum atomic E-state index is 12.7. The lowest BCUT2D eigenvalue weighted by atomic mass is 10.0. The summed E-state index contributed by atoms with van der Waals surface area (Å²) in [6.45, 7) is 0. The van der Waals surface area contributed by atoms with Crippen LogP contribution >= 0.6 is 23.1 Å². The minimum Gasteiger partial charge on any atom is -0.493 e. The monoisotopic (exact) mass is 456 g/mol. The number of hydrogen-bond acceptors (Lipinski definition) is 9. The lowest BCUT2D eigenvalue weighted by Crippen LogP contribution is -2.17. The Kier molecular flexibility index (Phi) is 5.41. The minimum atomic E-state index is -0.0171. The quantitative estimate of drug-likeness (QED) is 0.402. The molecule has 4 aromatic rings. The molecule has 0 fully saturated rings. The van der Waals surface area contributed by atoms with Crippen molar-refractivity contribution in [3.8, 4) is 23.0 Å². The van der Waals surface area contributed by atoms with Crippen LogP contribution in [0, 0.1) is 0 Å². The summed E-state index contributed by atoms with van der Waals surface area (Å²) >= 11 is 2.98. The van der Waals surface area contributed by atoms with Crippen molar-refractivity contribution in [1.29, 1.82) is 0 Å². The highest BCUT2D eigenvalue weighted by Gasteiger charge is 2.19. The van der Waals surface area contributed by atoms with Crippen molar-refractivity contribution in [2.45, 2.75) is 36.7 Å². The van der Waals surface area contributed by atoms with Gasteiger partial charge in [0.05, 0.1) is 19.9 Å². The summed E-state index contributed by atoms with van der Waals surface area (Å²) in [6, 6.07) is 7.01. The van der Waals surface area contributed by atoms with E-state index in [-0.39, 0.29) is 5.56 Å². The average Bonchev–Trinajstić information content (AvgIpc) is 3.42. The van der Waals surface area contributed by atoms with Gasteiger partial charge in [0, 0.05) is 28.0 Å². The Balaban J connectivity index is 1.35. The Labute approximate surface area is 186 Å². The van der Waals surface area contributed by atoms with Gasteiger partial charge in [-0.15, -0.1) is 21.5 Å². The van der Waals surface area contributed by atoms with Crippen LogP contribution in [0.25, 0.3) is 16.4 Å². The van der Waals surface area contributed by atoms with E-state index in [0.29, 0.717) is 34.1 Å². The van der Waals surface area contributed by atoms with Gasteiger partial charge in [-0.25, -0.2) is 4.98 Å². The van der Waals surface area contributed by atoms with Crippen LogP contribution < -0.4 is 15.0 Å². The number of hydrogen-bond donors (Lipinski definition) is 0. The van der Waals surface area contributed by atoms with Crippen LogP contribution in [-0.2, 0) is 18.6 Å². The summed E-state index contributed by atoms with van der Waals surface area (Å²) in [7, 11) is 3.16. The summed E-state index contributed by atoms with van der Waals surface area (Å²) in [5, 5.41) is 8.65. The third-order valence-electron chi connectivity index (χ3n) is 5.20. The molecule has 1 aliphatic rings. The number of fused-ring (bicyclic) bond motifs is 3. The first-order valence-corrected chi connectivity index (χ1v) is 11.7. The number of thioether (sulfide) groups is 1. The molecule has 0 saturated heterocycles. The summed E-state index contributed by atoms with van der Waals surface area (Å²) in [5.74, 6) is 2.08. The second-order valence-corrected chi connectivity index (χ2v) is 9.10. The van der Waals surface area contributed by atoms with E-state index in [1.54, 1.807) is 48.2 Å². The van der Waals surface area contributed by atoms with Gasteiger partial charge < -0.3 is 13.9 Å². The molecule has 10 heteroatoms. The van der Waals surface area contributed by atoms with Crippen molar-refractivity contribution in [1.82, 2.24) is 19.6 Å². The van der Waals surface area contributed by atoms with Crippen LogP contribution in [0.2, 0.25) is 0 Å². The fourth-order valence-corrected chi connectivity index (χ4v) is 5.59. The number of nitrogens with zero attached hydrogens (tertiary/aromatic N) is 4. The number of rotatable bonds is 6. The molecular weight excluding hydrogens is 436 g/mol. The summed E-state index contributed by atoms with van der Waals surface area (Å²) in [5.41, 5.74) is 2.56. The molecular formula is C21H20N4O4S2. The lowest BCUT2D eigenvalue weighted by molar-refractivity contribution is 0.355. The zero-order valence-corrected chi connectivity index (χ0v) is 18.7. The van der Waals surface area contributed by atoms with Crippen molar-refractivity contribution in [3.63, 3.8) is 0 Å². The van der Waals surface area contributed by atoms with Gasteiger partial charge in [-0.3, -0.25) is 9.20 Å². The molecule has 1 aromatic carbocycles. The summed E-state index contributed by atoms with van der Waals surface area (Å²) in [4.78, 5) is 19.5. The molecule has 5 rings (SSSR count). The van der Waals surface area contributed by atoms with Gasteiger partial charge in [-0.2, -0.15) is 0 Å². The first kappa shape index (κ1) is 20.1. The minimum absolute atomic E-state index is 0.0171. The molecule has 1 aliphatic carbocycles. The predicted octanol–water partition coefficient (Wildman–Crippen LogP) is 3.99. The fourth-order valence-electron chi connectivity index (χ4n) is 3.71. The molecule has 31 heavy (non-hydrogen) atoms. The van der Waals surface area contributed by atoms with Crippen molar-refractivity contribution < 1.29 is 13.9 Å². The van der Waals surface area contributed by atoms with Gasteiger partial charge in [0.15, 0.2) is 16.5 Å². The zero-order valence-electron chi connectivity index (χ0n) is 17.1.